The summed E-state index contributed by atoms with van der Waals surface area (Å²) in [6.07, 6.45) is 3.31. The molecular formula is C25H17ClN6O. The zero-order chi connectivity index (χ0) is 22.9. The Balaban J connectivity index is 1.84. The van der Waals surface area contributed by atoms with Gasteiger partial charge in [-0.25, -0.2) is 9.20 Å². The van der Waals surface area contributed by atoms with Gasteiger partial charge in [0.25, 0.3) is 5.56 Å². The molecule has 0 aliphatic rings. The first-order valence-electron chi connectivity index (χ1n) is 10.2. The molecule has 0 radical (unpaired) electrons. The van der Waals surface area contributed by atoms with E-state index in [4.69, 9.17) is 16.9 Å². The lowest BCUT2D eigenvalue weighted by atomic mass is 9.97. The largest absolute Gasteiger partial charge is 0.274 e. The summed E-state index contributed by atoms with van der Waals surface area (Å²) in [6, 6.07) is 20.2. The first-order chi connectivity index (χ1) is 16.1. The second kappa shape index (κ2) is 8.34. The van der Waals surface area contributed by atoms with E-state index in [1.54, 1.807) is 45.9 Å². The molecule has 0 aliphatic heterocycles. The molecule has 3 heterocycles. The number of fused-ring (bicyclic) bond motifs is 1. The van der Waals surface area contributed by atoms with Crippen LogP contribution >= 0.6 is 11.6 Å². The van der Waals surface area contributed by atoms with Gasteiger partial charge in [0, 0.05) is 23.0 Å². The number of aromatic nitrogens is 5. The van der Waals surface area contributed by atoms with E-state index in [1.807, 2.05) is 43.3 Å². The van der Waals surface area contributed by atoms with Gasteiger partial charge >= 0.3 is 0 Å². The minimum Gasteiger partial charge on any atom is -0.267 e. The van der Waals surface area contributed by atoms with Gasteiger partial charge in [-0.3, -0.25) is 9.78 Å². The molecule has 33 heavy (non-hydrogen) atoms. The van der Waals surface area contributed by atoms with Crippen LogP contribution in [-0.2, 0) is 6.54 Å². The summed E-state index contributed by atoms with van der Waals surface area (Å²) in [5.74, 6) is 0.590. The summed E-state index contributed by atoms with van der Waals surface area (Å²) in [5, 5.41) is 18.4. The molecule has 0 atom stereocenters. The number of rotatable bonds is 4. The van der Waals surface area contributed by atoms with Gasteiger partial charge in [-0.05, 0) is 60.0 Å². The van der Waals surface area contributed by atoms with Gasteiger partial charge in [0.15, 0.2) is 5.65 Å². The third-order valence-electron chi connectivity index (χ3n) is 5.48. The molecule has 0 saturated carbocycles. The van der Waals surface area contributed by atoms with Crippen LogP contribution in [0.4, 0.5) is 0 Å². The van der Waals surface area contributed by atoms with E-state index in [9.17, 15) is 4.79 Å². The van der Waals surface area contributed by atoms with Crippen molar-refractivity contribution in [2.24, 2.45) is 0 Å². The van der Waals surface area contributed by atoms with Crippen LogP contribution in [0.3, 0.4) is 0 Å². The third-order valence-corrected chi connectivity index (χ3v) is 5.73. The van der Waals surface area contributed by atoms with Gasteiger partial charge in [0.1, 0.15) is 5.82 Å². The molecule has 2 aromatic carbocycles. The average Bonchev–Trinajstić information content (AvgIpc) is 3.23. The Hall–Kier alpha value is -4.28. The van der Waals surface area contributed by atoms with Crippen molar-refractivity contribution in [1.29, 1.82) is 5.26 Å². The zero-order valence-corrected chi connectivity index (χ0v) is 18.4. The molecule has 0 spiro atoms. The molecule has 0 fully saturated rings. The minimum atomic E-state index is -0.189. The Morgan fingerprint density at radius 3 is 2.24 bits per heavy atom. The number of nitrogens with zero attached hydrogens (tertiary/aromatic N) is 6. The van der Waals surface area contributed by atoms with Crippen LogP contribution in [0.15, 0.2) is 77.9 Å². The van der Waals surface area contributed by atoms with Crippen molar-refractivity contribution in [2.75, 3.05) is 0 Å². The molecule has 0 aliphatic carbocycles. The summed E-state index contributed by atoms with van der Waals surface area (Å²) in [6.45, 7) is 2.10. The fraction of sp³-hybridized carbons (Fsp3) is 0.0800. The quantitative estimate of drug-likeness (QED) is 0.400. The van der Waals surface area contributed by atoms with Crippen molar-refractivity contribution < 1.29 is 0 Å². The maximum atomic E-state index is 14.0. The highest BCUT2D eigenvalue weighted by atomic mass is 35.5. The lowest BCUT2D eigenvalue weighted by Crippen LogP contribution is -2.29. The van der Waals surface area contributed by atoms with Gasteiger partial charge in [-0.15, -0.1) is 10.2 Å². The monoisotopic (exact) mass is 452 g/mol. The highest BCUT2D eigenvalue weighted by Crippen LogP contribution is 2.33. The lowest BCUT2D eigenvalue weighted by molar-refractivity contribution is 0.589. The number of halogens is 1. The van der Waals surface area contributed by atoms with E-state index in [0.29, 0.717) is 39.7 Å². The molecule has 0 amide bonds. The van der Waals surface area contributed by atoms with Crippen molar-refractivity contribution >= 4 is 17.2 Å². The predicted molar refractivity (Wildman–Crippen MR) is 126 cm³/mol. The number of aryl methyl sites for hydroxylation is 1. The second-order valence-electron chi connectivity index (χ2n) is 7.55. The molecule has 5 aromatic rings. The Bertz CT molecular complexity index is 1560. The van der Waals surface area contributed by atoms with Gasteiger partial charge in [-0.1, -0.05) is 35.9 Å². The van der Waals surface area contributed by atoms with Gasteiger partial charge in [-0.2, -0.15) is 5.26 Å². The molecule has 0 bridgehead atoms. The molecule has 0 N–H and O–H groups in total. The van der Waals surface area contributed by atoms with Crippen LogP contribution in [-0.4, -0.2) is 24.4 Å². The van der Waals surface area contributed by atoms with Crippen LogP contribution in [0.5, 0.6) is 0 Å². The van der Waals surface area contributed by atoms with Crippen molar-refractivity contribution in [3.63, 3.8) is 0 Å². The third kappa shape index (κ3) is 3.67. The van der Waals surface area contributed by atoms with Crippen LogP contribution in [0.1, 0.15) is 17.0 Å². The molecule has 160 valence electrons. The van der Waals surface area contributed by atoms with Gasteiger partial charge in [0.2, 0.25) is 0 Å². The van der Waals surface area contributed by atoms with Crippen LogP contribution in [0.25, 0.3) is 27.9 Å². The minimum absolute atomic E-state index is 0.189. The smallest absolute Gasteiger partial charge is 0.267 e. The topological polar surface area (TPSA) is 88.9 Å². The molecule has 7 nitrogen and oxygen atoms in total. The number of pyridine rings is 1. The van der Waals surface area contributed by atoms with Gasteiger partial charge in [0.05, 0.1) is 23.7 Å². The van der Waals surface area contributed by atoms with E-state index in [2.05, 4.69) is 21.3 Å². The molecule has 0 saturated heterocycles. The molecule has 0 unspecified atom stereocenters. The molecule has 8 heteroatoms. The normalized spacial score (nSPS) is 10.9. The van der Waals surface area contributed by atoms with E-state index in [0.717, 1.165) is 16.7 Å². The van der Waals surface area contributed by atoms with E-state index < -0.39 is 0 Å². The maximum absolute atomic E-state index is 14.0. The fourth-order valence-corrected chi connectivity index (χ4v) is 4.04. The number of hydrogen-bond donors (Lipinski definition) is 0. The number of hydrogen-bond acceptors (Lipinski definition) is 5. The van der Waals surface area contributed by atoms with Crippen LogP contribution < -0.4 is 5.56 Å². The predicted octanol–water partition coefficient (Wildman–Crippen LogP) is 4.50. The number of benzene rings is 2. The highest BCUT2D eigenvalue weighted by Gasteiger charge is 2.23. The summed E-state index contributed by atoms with van der Waals surface area (Å²) >= 11 is 6.12. The SMILES string of the molecule is Cc1nnc2c(-c3ccc(Cl)cc3)c(-c3ccncc3)c(=O)n(Cc3ccc(C#N)cc3)n12. The molecule has 5 rings (SSSR count). The standard InChI is InChI=1S/C25H17ClN6O/c1-16-29-30-24-22(19-6-8-21(26)9-7-19)23(20-10-12-28-13-11-20)25(33)31(32(16)24)15-18-4-2-17(14-27)3-5-18/h2-13H,15H2,1H3. The lowest BCUT2D eigenvalue weighted by Gasteiger charge is -2.17. The fourth-order valence-electron chi connectivity index (χ4n) is 3.92. The van der Waals surface area contributed by atoms with Crippen molar-refractivity contribution in [2.45, 2.75) is 13.5 Å². The van der Waals surface area contributed by atoms with Crippen LogP contribution in [0, 0.1) is 18.3 Å². The first kappa shape index (κ1) is 20.6. The van der Waals surface area contributed by atoms with Gasteiger partial charge < -0.3 is 0 Å². The van der Waals surface area contributed by atoms with Crippen molar-refractivity contribution in [3.05, 3.63) is 105 Å². The maximum Gasteiger partial charge on any atom is 0.274 e. The van der Waals surface area contributed by atoms with Crippen LogP contribution in [0.2, 0.25) is 5.02 Å². The summed E-state index contributed by atoms with van der Waals surface area (Å²) in [7, 11) is 0. The van der Waals surface area contributed by atoms with E-state index in [1.165, 1.54) is 0 Å². The highest BCUT2D eigenvalue weighted by molar-refractivity contribution is 6.30. The average molecular weight is 453 g/mol. The van der Waals surface area contributed by atoms with E-state index >= 15 is 0 Å². The van der Waals surface area contributed by atoms with Crippen molar-refractivity contribution in [3.8, 4) is 28.3 Å². The Morgan fingerprint density at radius 1 is 0.909 bits per heavy atom. The Morgan fingerprint density at radius 2 is 1.58 bits per heavy atom. The summed E-state index contributed by atoms with van der Waals surface area (Å²) < 4.78 is 3.37. The second-order valence-corrected chi connectivity index (χ2v) is 7.98. The number of nitriles is 1. The Labute approximate surface area is 194 Å². The Kier molecular flexibility index (Phi) is 5.21. The molecular weight excluding hydrogens is 436 g/mol. The summed E-state index contributed by atoms with van der Waals surface area (Å²) in [4.78, 5) is 18.1. The first-order valence-corrected chi connectivity index (χ1v) is 10.6. The molecule has 3 aromatic heterocycles. The summed E-state index contributed by atoms with van der Waals surface area (Å²) in [5.41, 5.74) is 4.55. The van der Waals surface area contributed by atoms with Crippen molar-refractivity contribution in [1.82, 2.24) is 24.4 Å². The van der Waals surface area contributed by atoms with E-state index in [-0.39, 0.29) is 5.56 Å². The zero-order valence-electron chi connectivity index (χ0n) is 17.6.